The molecule has 2 aliphatic heterocycles. The molecule has 2 saturated heterocycles. The Balaban J connectivity index is 1.17. The van der Waals surface area contributed by atoms with Crippen molar-refractivity contribution in [3.63, 3.8) is 0 Å². The van der Waals surface area contributed by atoms with E-state index < -0.39 is 0 Å². The van der Waals surface area contributed by atoms with Gasteiger partial charge in [0.15, 0.2) is 0 Å². The number of carbonyl (C=O) groups is 2. The van der Waals surface area contributed by atoms with Gasteiger partial charge in [-0.3, -0.25) is 14.5 Å². The lowest BCUT2D eigenvalue weighted by molar-refractivity contribution is -0.0353. The maximum Gasteiger partial charge on any atom is 0.254 e. The Bertz CT molecular complexity index is 1150. The number of morpholine rings is 1. The zero-order chi connectivity index (χ0) is 23.3. The molecule has 5 rings (SSSR count). The smallest absolute Gasteiger partial charge is 0.254 e. The van der Waals surface area contributed by atoms with Gasteiger partial charge >= 0.3 is 0 Å². The van der Waals surface area contributed by atoms with E-state index in [1.165, 1.54) is 0 Å². The van der Waals surface area contributed by atoms with Crippen LogP contribution in [0.15, 0.2) is 72.8 Å². The Morgan fingerprint density at radius 3 is 2.35 bits per heavy atom. The Kier molecular flexibility index (Phi) is 6.88. The average Bonchev–Trinajstić information content (AvgIpc) is 3.13. The lowest BCUT2D eigenvalue weighted by atomic mass is 10.1. The number of rotatable bonds is 4. The predicted octanol–water partition coefficient (Wildman–Crippen LogP) is 3.53. The van der Waals surface area contributed by atoms with Crippen molar-refractivity contribution in [1.82, 2.24) is 14.7 Å². The van der Waals surface area contributed by atoms with Gasteiger partial charge in [-0.05, 0) is 48.0 Å². The summed E-state index contributed by atoms with van der Waals surface area (Å²) in [7, 11) is 0. The molecule has 2 amide bonds. The quantitative estimate of drug-likeness (QED) is 0.602. The van der Waals surface area contributed by atoms with Crippen molar-refractivity contribution >= 4 is 22.6 Å². The molecule has 176 valence electrons. The molecule has 1 unspecified atom stereocenters. The van der Waals surface area contributed by atoms with Crippen LogP contribution in [-0.2, 0) is 4.74 Å². The maximum absolute atomic E-state index is 13.2. The van der Waals surface area contributed by atoms with E-state index in [1.807, 2.05) is 76.5 Å². The van der Waals surface area contributed by atoms with Crippen LogP contribution in [-0.4, -0.2) is 85.0 Å². The highest BCUT2D eigenvalue weighted by Gasteiger charge is 2.28. The van der Waals surface area contributed by atoms with Crippen molar-refractivity contribution in [1.29, 1.82) is 0 Å². The number of amides is 2. The normalized spacial score (nSPS) is 19.7. The molecule has 6 nitrogen and oxygen atoms in total. The lowest BCUT2D eigenvalue weighted by Gasteiger charge is -2.35. The molecule has 1 atom stereocenters. The number of benzene rings is 3. The fourth-order valence-corrected chi connectivity index (χ4v) is 4.93. The Hall–Kier alpha value is -3.22. The van der Waals surface area contributed by atoms with Crippen LogP contribution in [0.4, 0.5) is 0 Å². The van der Waals surface area contributed by atoms with E-state index in [-0.39, 0.29) is 17.9 Å². The van der Waals surface area contributed by atoms with E-state index in [9.17, 15) is 9.59 Å². The molecule has 3 aromatic carbocycles. The molecule has 0 radical (unpaired) electrons. The van der Waals surface area contributed by atoms with E-state index >= 15 is 0 Å². The van der Waals surface area contributed by atoms with Gasteiger partial charge in [0.1, 0.15) is 0 Å². The van der Waals surface area contributed by atoms with Crippen LogP contribution in [0.25, 0.3) is 10.8 Å². The molecular weight excluding hydrogens is 426 g/mol. The number of fused-ring (bicyclic) bond motifs is 1. The first-order valence-corrected chi connectivity index (χ1v) is 12.1. The van der Waals surface area contributed by atoms with E-state index in [1.54, 1.807) is 0 Å². The van der Waals surface area contributed by atoms with Crippen molar-refractivity contribution in [2.45, 2.75) is 12.5 Å². The third-order valence-corrected chi connectivity index (χ3v) is 6.78. The third kappa shape index (κ3) is 5.13. The molecule has 0 N–H and O–H groups in total. The summed E-state index contributed by atoms with van der Waals surface area (Å²) in [5, 5.41) is 2.24. The Morgan fingerprint density at radius 2 is 1.50 bits per heavy atom. The average molecular weight is 458 g/mol. The molecule has 2 fully saturated rings. The van der Waals surface area contributed by atoms with Crippen molar-refractivity contribution in [2.24, 2.45) is 0 Å². The number of hydrogen-bond donors (Lipinski definition) is 0. The topological polar surface area (TPSA) is 53.1 Å². The summed E-state index contributed by atoms with van der Waals surface area (Å²) in [6.07, 6.45) is 0.919. The monoisotopic (exact) mass is 457 g/mol. The highest BCUT2D eigenvalue weighted by molar-refractivity contribution is 5.98. The van der Waals surface area contributed by atoms with Crippen molar-refractivity contribution in [3.05, 3.63) is 83.9 Å². The first-order valence-electron chi connectivity index (χ1n) is 12.1. The van der Waals surface area contributed by atoms with Gasteiger partial charge in [-0.25, -0.2) is 0 Å². The van der Waals surface area contributed by atoms with Crippen LogP contribution >= 0.6 is 0 Å². The molecule has 0 spiro atoms. The fraction of sp³-hybridized carbons (Fsp3) is 0.357. The molecule has 34 heavy (non-hydrogen) atoms. The van der Waals surface area contributed by atoms with E-state index in [0.717, 1.165) is 54.5 Å². The maximum atomic E-state index is 13.2. The van der Waals surface area contributed by atoms with Gasteiger partial charge in [0.25, 0.3) is 11.8 Å². The summed E-state index contributed by atoms with van der Waals surface area (Å²) in [4.78, 5) is 32.3. The number of carbonyl (C=O) groups excluding carboxylic acids is 2. The number of nitrogens with zero attached hydrogens (tertiary/aromatic N) is 3. The highest BCUT2D eigenvalue weighted by Crippen LogP contribution is 2.18. The molecule has 0 bridgehead atoms. The summed E-state index contributed by atoms with van der Waals surface area (Å²) in [6, 6.07) is 23.5. The van der Waals surface area contributed by atoms with Crippen LogP contribution in [0, 0.1) is 0 Å². The van der Waals surface area contributed by atoms with E-state index in [0.29, 0.717) is 26.2 Å². The second-order valence-electron chi connectivity index (χ2n) is 9.12. The zero-order valence-corrected chi connectivity index (χ0v) is 19.4. The molecule has 0 aromatic heterocycles. The molecule has 0 aliphatic carbocycles. The minimum Gasteiger partial charge on any atom is -0.373 e. The second-order valence-corrected chi connectivity index (χ2v) is 9.12. The third-order valence-electron chi connectivity index (χ3n) is 6.78. The van der Waals surface area contributed by atoms with Gasteiger partial charge in [0.05, 0.1) is 12.7 Å². The standard InChI is InChI=1S/C28H31N3O3/c32-27(23-8-2-1-3-9-23)31-17-18-34-26(21-31)20-29-13-6-14-30(16-15-29)28(33)25-12-11-22-7-4-5-10-24(22)19-25/h1-5,7-12,19,26H,6,13-18,20-21H2. The van der Waals surface area contributed by atoms with Crippen LogP contribution in [0.1, 0.15) is 27.1 Å². The SMILES string of the molecule is O=C(c1ccc2ccccc2c1)N1CCCN(CC2CN(C(=O)c3ccccc3)CCO2)CC1. The van der Waals surface area contributed by atoms with Crippen molar-refractivity contribution in [3.8, 4) is 0 Å². The van der Waals surface area contributed by atoms with E-state index in [4.69, 9.17) is 4.74 Å². The summed E-state index contributed by atoms with van der Waals surface area (Å²) < 4.78 is 6.01. The molecule has 0 saturated carbocycles. The van der Waals surface area contributed by atoms with Crippen LogP contribution in [0.2, 0.25) is 0 Å². The van der Waals surface area contributed by atoms with Crippen molar-refractivity contribution in [2.75, 3.05) is 52.4 Å². The number of ether oxygens (including phenoxy) is 1. The van der Waals surface area contributed by atoms with E-state index in [2.05, 4.69) is 11.0 Å². The summed E-state index contributed by atoms with van der Waals surface area (Å²) in [6.45, 7) is 5.75. The summed E-state index contributed by atoms with van der Waals surface area (Å²) in [5.74, 6) is 0.165. The molecular formula is C28H31N3O3. The minimum absolute atomic E-state index is 0.0100. The number of hydrogen-bond acceptors (Lipinski definition) is 4. The molecule has 3 aromatic rings. The summed E-state index contributed by atoms with van der Waals surface area (Å²) >= 11 is 0. The Labute approximate surface area is 200 Å². The van der Waals surface area contributed by atoms with Gasteiger partial charge in [-0.15, -0.1) is 0 Å². The summed E-state index contributed by atoms with van der Waals surface area (Å²) in [5.41, 5.74) is 1.47. The molecule has 6 heteroatoms. The second kappa shape index (κ2) is 10.4. The fourth-order valence-electron chi connectivity index (χ4n) is 4.93. The molecule has 2 heterocycles. The van der Waals surface area contributed by atoms with Gasteiger partial charge in [-0.2, -0.15) is 0 Å². The highest BCUT2D eigenvalue weighted by atomic mass is 16.5. The van der Waals surface area contributed by atoms with Gasteiger partial charge in [0.2, 0.25) is 0 Å². The lowest BCUT2D eigenvalue weighted by Crippen LogP contribution is -2.50. The minimum atomic E-state index is -0.0100. The first kappa shape index (κ1) is 22.6. The van der Waals surface area contributed by atoms with Gasteiger partial charge in [0, 0.05) is 50.4 Å². The molecule has 2 aliphatic rings. The van der Waals surface area contributed by atoms with Crippen LogP contribution in [0.3, 0.4) is 0 Å². The van der Waals surface area contributed by atoms with Crippen LogP contribution < -0.4 is 0 Å². The largest absolute Gasteiger partial charge is 0.373 e. The first-order chi connectivity index (χ1) is 16.7. The predicted molar refractivity (Wildman–Crippen MR) is 133 cm³/mol. The van der Waals surface area contributed by atoms with Gasteiger partial charge < -0.3 is 14.5 Å². The van der Waals surface area contributed by atoms with Crippen molar-refractivity contribution < 1.29 is 14.3 Å². The van der Waals surface area contributed by atoms with Crippen LogP contribution in [0.5, 0.6) is 0 Å². The Morgan fingerprint density at radius 1 is 0.735 bits per heavy atom. The van der Waals surface area contributed by atoms with Gasteiger partial charge in [-0.1, -0.05) is 48.5 Å². The zero-order valence-electron chi connectivity index (χ0n) is 19.4.